The van der Waals surface area contributed by atoms with Gasteiger partial charge in [-0.15, -0.1) is 0 Å². The molecule has 0 saturated carbocycles. The second kappa shape index (κ2) is 7.46. The van der Waals surface area contributed by atoms with E-state index in [2.05, 4.69) is 45.0 Å². The third-order valence-corrected chi connectivity index (χ3v) is 3.76. The number of hydrogen-bond acceptors (Lipinski definition) is 2. The summed E-state index contributed by atoms with van der Waals surface area (Å²) in [7, 11) is 0. The van der Waals surface area contributed by atoms with E-state index < -0.39 is 0 Å². The fourth-order valence-corrected chi connectivity index (χ4v) is 2.45. The van der Waals surface area contributed by atoms with Crippen LogP contribution in [0.5, 0.6) is 0 Å². The largest absolute Gasteiger partial charge is 0.353 e. The number of nitrogens with one attached hydrogen (secondary N) is 1. The molecule has 0 aromatic carbocycles. The lowest BCUT2D eigenvalue weighted by Gasteiger charge is -2.14. The third kappa shape index (κ3) is 4.36. The van der Waals surface area contributed by atoms with Crippen molar-refractivity contribution in [3.63, 3.8) is 0 Å². The molecule has 0 unspecified atom stereocenters. The van der Waals surface area contributed by atoms with E-state index >= 15 is 0 Å². The molecule has 114 valence electrons. The van der Waals surface area contributed by atoms with Gasteiger partial charge >= 0.3 is 0 Å². The van der Waals surface area contributed by atoms with Crippen molar-refractivity contribution >= 4 is 5.91 Å². The Morgan fingerprint density at radius 3 is 2.35 bits per heavy atom. The Balaban J connectivity index is 2.77. The van der Waals surface area contributed by atoms with E-state index in [0.29, 0.717) is 12.3 Å². The van der Waals surface area contributed by atoms with E-state index in [4.69, 9.17) is 0 Å². The summed E-state index contributed by atoms with van der Waals surface area (Å²) in [5, 5.41) is 7.65. The van der Waals surface area contributed by atoms with E-state index in [9.17, 15) is 4.79 Å². The molecule has 0 atom stereocenters. The Labute approximate surface area is 122 Å². The lowest BCUT2D eigenvalue weighted by atomic mass is 10.1. The molecule has 0 aliphatic heterocycles. The Bertz CT molecular complexity index is 445. The third-order valence-electron chi connectivity index (χ3n) is 3.76. The van der Waals surface area contributed by atoms with Crippen LogP contribution in [0.15, 0.2) is 0 Å². The molecule has 0 fully saturated rings. The van der Waals surface area contributed by atoms with E-state index in [1.165, 1.54) is 0 Å². The van der Waals surface area contributed by atoms with Gasteiger partial charge in [-0.3, -0.25) is 9.48 Å². The summed E-state index contributed by atoms with van der Waals surface area (Å²) in [6.07, 6.45) is 2.39. The number of carbonyl (C=O) groups excluding carboxylic acids is 1. The van der Waals surface area contributed by atoms with Crippen LogP contribution in [0.4, 0.5) is 0 Å². The molecule has 4 nitrogen and oxygen atoms in total. The summed E-state index contributed by atoms with van der Waals surface area (Å²) >= 11 is 0. The summed E-state index contributed by atoms with van der Waals surface area (Å²) in [5.74, 6) is 0.660. The Morgan fingerprint density at radius 1 is 1.25 bits per heavy atom. The highest BCUT2D eigenvalue weighted by Gasteiger charge is 2.16. The normalized spacial score (nSPS) is 11.4. The second-order valence-corrected chi connectivity index (χ2v) is 5.98. The van der Waals surface area contributed by atoms with Gasteiger partial charge in [-0.1, -0.05) is 27.7 Å². The zero-order chi connectivity index (χ0) is 15.3. The Hall–Kier alpha value is -1.32. The van der Waals surface area contributed by atoms with Gasteiger partial charge in [-0.25, -0.2) is 0 Å². The summed E-state index contributed by atoms with van der Waals surface area (Å²) in [6.45, 7) is 13.5. The molecule has 0 bridgehead atoms. The maximum absolute atomic E-state index is 12.1. The molecule has 1 aromatic heterocycles. The van der Waals surface area contributed by atoms with Crippen LogP contribution in [0.25, 0.3) is 0 Å². The minimum Gasteiger partial charge on any atom is -0.353 e. The summed E-state index contributed by atoms with van der Waals surface area (Å²) < 4.78 is 2.03. The van der Waals surface area contributed by atoms with Crippen molar-refractivity contribution in [3.05, 3.63) is 17.0 Å². The first-order valence-corrected chi connectivity index (χ1v) is 7.71. The maximum atomic E-state index is 12.1. The molecule has 0 aliphatic rings. The molecule has 1 N–H and O–H groups in total. The molecular formula is C16H29N3O. The minimum absolute atomic E-state index is 0.106. The zero-order valence-electron chi connectivity index (χ0n) is 13.8. The van der Waals surface area contributed by atoms with Gasteiger partial charge in [0.2, 0.25) is 5.91 Å². The molecule has 0 aliphatic carbocycles. The summed E-state index contributed by atoms with van der Waals surface area (Å²) in [4.78, 5) is 12.1. The van der Waals surface area contributed by atoms with Crippen LogP contribution in [0, 0.1) is 19.8 Å². The van der Waals surface area contributed by atoms with Crippen molar-refractivity contribution in [2.24, 2.45) is 5.92 Å². The standard InChI is InChI=1S/C16H29N3O/c1-7-14(8-2)17-16(20)9-15-12(5)18-19(13(15)6)10-11(3)4/h11,14H,7-10H2,1-6H3,(H,17,20). The monoisotopic (exact) mass is 279 g/mol. The van der Waals surface area contributed by atoms with Crippen LogP contribution in [0.3, 0.4) is 0 Å². The van der Waals surface area contributed by atoms with Gasteiger partial charge < -0.3 is 5.32 Å². The van der Waals surface area contributed by atoms with E-state index in [1.807, 2.05) is 11.6 Å². The van der Waals surface area contributed by atoms with Crippen LogP contribution in [0.1, 0.15) is 57.5 Å². The topological polar surface area (TPSA) is 46.9 Å². The van der Waals surface area contributed by atoms with Gasteiger partial charge in [0.15, 0.2) is 0 Å². The number of rotatable bonds is 7. The van der Waals surface area contributed by atoms with Gasteiger partial charge in [0, 0.05) is 23.8 Å². The van der Waals surface area contributed by atoms with Crippen molar-refractivity contribution in [2.75, 3.05) is 0 Å². The van der Waals surface area contributed by atoms with Gasteiger partial charge in [0.25, 0.3) is 0 Å². The molecule has 20 heavy (non-hydrogen) atoms. The van der Waals surface area contributed by atoms with Gasteiger partial charge in [-0.2, -0.15) is 5.10 Å². The predicted molar refractivity (Wildman–Crippen MR) is 82.8 cm³/mol. The molecule has 1 aromatic rings. The molecule has 0 saturated heterocycles. The second-order valence-electron chi connectivity index (χ2n) is 5.98. The molecule has 0 spiro atoms. The molecule has 1 amide bonds. The van der Waals surface area contributed by atoms with Crippen molar-refractivity contribution in [1.29, 1.82) is 0 Å². The van der Waals surface area contributed by atoms with Crippen LogP contribution < -0.4 is 5.32 Å². The number of aromatic nitrogens is 2. The summed E-state index contributed by atoms with van der Waals surface area (Å²) in [5.41, 5.74) is 3.17. The van der Waals surface area contributed by atoms with Gasteiger partial charge in [0.1, 0.15) is 0 Å². The Morgan fingerprint density at radius 2 is 1.85 bits per heavy atom. The molecule has 0 radical (unpaired) electrons. The lowest BCUT2D eigenvalue weighted by Crippen LogP contribution is -2.35. The highest BCUT2D eigenvalue weighted by molar-refractivity contribution is 5.79. The molecule has 4 heteroatoms. The van der Waals surface area contributed by atoms with Crippen molar-refractivity contribution in [3.8, 4) is 0 Å². The lowest BCUT2D eigenvalue weighted by molar-refractivity contribution is -0.121. The van der Waals surface area contributed by atoms with E-state index in [-0.39, 0.29) is 11.9 Å². The first kappa shape index (κ1) is 16.7. The molecular weight excluding hydrogens is 250 g/mol. The first-order valence-electron chi connectivity index (χ1n) is 7.71. The number of amides is 1. The number of nitrogens with zero attached hydrogens (tertiary/aromatic N) is 2. The van der Waals surface area contributed by atoms with Crippen LogP contribution in [-0.4, -0.2) is 21.7 Å². The van der Waals surface area contributed by atoms with Gasteiger partial charge in [-0.05, 0) is 32.6 Å². The fourth-order valence-electron chi connectivity index (χ4n) is 2.45. The van der Waals surface area contributed by atoms with Gasteiger partial charge in [0.05, 0.1) is 12.1 Å². The number of carbonyl (C=O) groups is 1. The number of hydrogen-bond donors (Lipinski definition) is 1. The highest BCUT2D eigenvalue weighted by Crippen LogP contribution is 2.15. The van der Waals surface area contributed by atoms with Crippen LogP contribution in [-0.2, 0) is 17.8 Å². The predicted octanol–water partition coefficient (Wildman–Crippen LogP) is 3.00. The fraction of sp³-hybridized carbons (Fsp3) is 0.750. The quantitative estimate of drug-likeness (QED) is 0.834. The molecule has 1 rings (SSSR count). The highest BCUT2D eigenvalue weighted by atomic mass is 16.1. The summed E-state index contributed by atoms with van der Waals surface area (Å²) in [6, 6.07) is 0.286. The zero-order valence-corrected chi connectivity index (χ0v) is 13.8. The van der Waals surface area contributed by atoms with Crippen molar-refractivity contribution < 1.29 is 4.79 Å². The average Bonchev–Trinajstić information content (AvgIpc) is 2.63. The smallest absolute Gasteiger partial charge is 0.224 e. The van der Waals surface area contributed by atoms with Crippen molar-refractivity contribution in [2.45, 2.75) is 73.4 Å². The van der Waals surface area contributed by atoms with Crippen LogP contribution >= 0.6 is 0 Å². The average molecular weight is 279 g/mol. The minimum atomic E-state index is 0.106. The van der Waals surface area contributed by atoms with Crippen LogP contribution in [0.2, 0.25) is 0 Å². The molecule has 1 heterocycles. The Kier molecular flexibility index (Phi) is 6.24. The first-order chi connectivity index (χ1) is 9.38. The van der Waals surface area contributed by atoms with E-state index in [0.717, 1.165) is 36.3 Å². The van der Waals surface area contributed by atoms with E-state index in [1.54, 1.807) is 0 Å². The number of aryl methyl sites for hydroxylation is 1. The maximum Gasteiger partial charge on any atom is 0.224 e. The SMILES string of the molecule is CCC(CC)NC(=O)Cc1c(C)nn(CC(C)C)c1C. The van der Waals surface area contributed by atoms with Crippen molar-refractivity contribution in [1.82, 2.24) is 15.1 Å².